The molecule has 3 heteroatoms. The van der Waals surface area contributed by atoms with Crippen LogP contribution in [0.15, 0.2) is 24.3 Å². The minimum Gasteiger partial charge on any atom is -0.392 e. The average Bonchev–Trinajstić information content (AvgIpc) is 2.05. The monoisotopic (exact) mass is 167 g/mol. The first-order chi connectivity index (χ1) is 5.24. The first-order valence-corrected chi connectivity index (χ1v) is 3.64. The predicted molar refractivity (Wildman–Crippen MR) is 48.3 cm³/mol. The number of nitrogens with two attached hydrogens (primary N) is 1. The van der Waals surface area contributed by atoms with Crippen LogP contribution in [0, 0.1) is 0 Å². The van der Waals surface area contributed by atoms with Crippen LogP contribution < -0.4 is 5.73 Å². The molecule has 11 heavy (non-hydrogen) atoms. The molecule has 2 nitrogen and oxygen atoms in total. The lowest BCUT2D eigenvalue weighted by atomic mass is 10.1. The molecule has 1 rings (SSSR count). The second kappa shape index (κ2) is 3.46. The van der Waals surface area contributed by atoms with Crippen LogP contribution in [0.4, 0.5) is 0 Å². The summed E-state index contributed by atoms with van der Waals surface area (Å²) in [7, 11) is 0. The lowest BCUT2D eigenvalue weighted by Gasteiger charge is -1.99. The molecule has 0 spiro atoms. The molecule has 1 aromatic carbocycles. The zero-order chi connectivity index (χ0) is 8.27. The van der Waals surface area contributed by atoms with Crippen LogP contribution in [0.5, 0.6) is 0 Å². The van der Waals surface area contributed by atoms with Crippen LogP contribution >= 0.6 is 12.2 Å². The summed E-state index contributed by atoms with van der Waals surface area (Å²) < 4.78 is 0. The summed E-state index contributed by atoms with van der Waals surface area (Å²) in [6.07, 6.45) is 0. The highest BCUT2D eigenvalue weighted by Crippen LogP contribution is 2.04. The Morgan fingerprint density at radius 2 is 2.27 bits per heavy atom. The largest absolute Gasteiger partial charge is 0.392 e. The van der Waals surface area contributed by atoms with E-state index in [9.17, 15) is 0 Å². The molecule has 0 aromatic heterocycles. The molecule has 0 aliphatic heterocycles. The Hall–Kier alpha value is -0.930. The number of hydrogen-bond donors (Lipinski definition) is 2. The van der Waals surface area contributed by atoms with Crippen molar-refractivity contribution in [1.29, 1.82) is 0 Å². The summed E-state index contributed by atoms with van der Waals surface area (Å²) in [5, 5.41) is 8.76. The first-order valence-electron chi connectivity index (χ1n) is 3.23. The Balaban J connectivity index is 3.01. The van der Waals surface area contributed by atoms with E-state index in [1.165, 1.54) is 0 Å². The maximum Gasteiger partial charge on any atom is 0.103 e. The number of rotatable bonds is 2. The SMILES string of the molecule is NC(=S)c1cccc(CO)c1. The lowest BCUT2D eigenvalue weighted by molar-refractivity contribution is 0.282. The Labute approximate surface area is 70.7 Å². The molecule has 0 unspecified atom stereocenters. The van der Waals surface area contributed by atoms with Crippen molar-refractivity contribution in [2.75, 3.05) is 0 Å². The van der Waals surface area contributed by atoms with E-state index >= 15 is 0 Å². The Kier molecular flexibility index (Phi) is 2.57. The minimum absolute atomic E-state index is 0.0243. The molecule has 1 aromatic rings. The molecule has 0 saturated heterocycles. The smallest absolute Gasteiger partial charge is 0.103 e. The highest BCUT2D eigenvalue weighted by molar-refractivity contribution is 7.80. The normalized spacial score (nSPS) is 9.55. The number of thiocarbonyl (C=S) groups is 1. The Morgan fingerprint density at radius 3 is 2.82 bits per heavy atom. The van der Waals surface area contributed by atoms with Crippen LogP contribution in [0.3, 0.4) is 0 Å². The maximum atomic E-state index is 8.76. The molecule has 3 N–H and O–H groups in total. The molecule has 0 heterocycles. The molecule has 0 atom stereocenters. The van der Waals surface area contributed by atoms with Crippen LogP contribution in [0.25, 0.3) is 0 Å². The van der Waals surface area contributed by atoms with E-state index in [0.717, 1.165) is 11.1 Å². The number of aliphatic hydroxyl groups excluding tert-OH is 1. The van der Waals surface area contributed by atoms with Gasteiger partial charge in [0.1, 0.15) is 4.99 Å². The second-order valence-electron chi connectivity index (χ2n) is 2.22. The van der Waals surface area contributed by atoms with Gasteiger partial charge in [0.15, 0.2) is 0 Å². The summed E-state index contributed by atoms with van der Waals surface area (Å²) in [6.45, 7) is 0.0243. The fourth-order valence-electron chi connectivity index (χ4n) is 0.823. The zero-order valence-corrected chi connectivity index (χ0v) is 6.77. The number of benzene rings is 1. The first kappa shape index (κ1) is 8.17. The van der Waals surface area contributed by atoms with E-state index in [-0.39, 0.29) is 6.61 Å². The molecule has 0 aliphatic rings. The van der Waals surface area contributed by atoms with Gasteiger partial charge in [-0.2, -0.15) is 0 Å². The van der Waals surface area contributed by atoms with Gasteiger partial charge in [-0.1, -0.05) is 30.4 Å². The van der Waals surface area contributed by atoms with Gasteiger partial charge in [-0.15, -0.1) is 0 Å². The molecule has 0 radical (unpaired) electrons. The van der Waals surface area contributed by atoms with E-state index in [1.54, 1.807) is 6.07 Å². The Bertz CT molecular complexity index is 273. The summed E-state index contributed by atoms with van der Waals surface area (Å²) >= 11 is 4.77. The van der Waals surface area contributed by atoms with Crippen molar-refractivity contribution < 1.29 is 5.11 Å². The van der Waals surface area contributed by atoms with Crippen molar-refractivity contribution in [3.63, 3.8) is 0 Å². The summed E-state index contributed by atoms with van der Waals surface area (Å²) in [4.78, 5) is 0.361. The predicted octanol–water partition coefficient (Wildman–Crippen LogP) is 0.813. The second-order valence-corrected chi connectivity index (χ2v) is 2.66. The molecule has 58 valence electrons. The van der Waals surface area contributed by atoms with Gasteiger partial charge in [-0.3, -0.25) is 0 Å². The van der Waals surface area contributed by atoms with Gasteiger partial charge in [0.05, 0.1) is 6.61 Å². The van der Waals surface area contributed by atoms with Gasteiger partial charge in [0.2, 0.25) is 0 Å². The molecule has 0 fully saturated rings. The third kappa shape index (κ3) is 2.00. The zero-order valence-electron chi connectivity index (χ0n) is 5.95. The number of aliphatic hydroxyl groups is 1. The fraction of sp³-hybridized carbons (Fsp3) is 0.125. The maximum absolute atomic E-state index is 8.76. The standard InChI is InChI=1S/C8H9NOS/c9-8(11)7-3-1-2-6(4-7)5-10/h1-4,10H,5H2,(H2,9,11). The van der Waals surface area contributed by atoms with Gasteiger partial charge in [0.25, 0.3) is 0 Å². The third-order valence-corrected chi connectivity index (χ3v) is 1.63. The van der Waals surface area contributed by atoms with Gasteiger partial charge in [-0.05, 0) is 11.6 Å². The Morgan fingerprint density at radius 1 is 1.55 bits per heavy atom. The van der Waals surface area contributed by atoms with Crippen LogP contribution in [-0.4, -0.2) is 10.1 Å². The molecule has 0 bridgehead atoms. The van der Waals surface area contributed by atoms with E-state index in [0.29, 0.717) is 4.99 Å². The quantitative estimate of drug-likeness (QED) is 0.641. The molecule has 0 aliphatic carbocycles. The van der Waals surface area contributed by atoms with E-state index in [2.05, 4.69) is 0 Å². The van der Waals surface area contributed by atoms with Gasteiger partial charge in [-0.25, -0.2) is 0 Å². The summed E-state index contributed by atoms with van der Waals surface area (Å²) in [5.74, 6) is 0. The van der Waals surface area contributed by atoms with Crippen molar-refractivity contribution in [3.8, 4) is 0 Å². The fourth-order valence-corrected chi connectivity index (χ4v) is 0.950. The van der Waals surface area contributed by atoms with E-state index in [4.69, 9.17) is 23.1 Å². The van der Waals surface area contributed by atoms with Crippen molar-refractivity contribution in [1.82, 2.24) is 0 Å². The van der Waals surface area contributed by atoms with Crippen molar-refractivity contribution in [3.05, 3.63) is 35.4 Å². The highest BCUT2D eigenvalue weighted by atomic mass is 32.1. The molecule has 0 amide bonds. The average molecular weight is 167 g/mol. The van der Waals surface area contributed by atoms with Crippen LogP contribution in [-0.2, 0) is 6.61 Å². The minimum atomic E-state index is 0.0243. The summed E-state index contributed by atoms with van der Waals surface area (Å²) in [6, 6.07) is 7.24. The topological polar surface area (TPSA) is 46.2 Å². The van der Waals surface area contributed by atoms with Crippen LogP contribution in [0.2, 0.25) is 0 Å². The van der Waals surface area contributed by atoms with Gasteiger partial charge >= 0.3 is 0 Å². The lowest BCUT2D eigenvalue weighted by Crippen LogP contribution is -2.09. The number of hydrogen-bond acceptors (Lipinski definition) is 2. The van der Waals surface area contributed by atoms with Crippen molar-refractivity contribution in [2.45, 2.75) is 6.61 Å². The van der Waals surface area contributed by atoms with E-state index < -0.39 is 0 Å². The highest BCUT2D eigenvalue weighted by Gasteiger charge is 1.95. The van der Waals surface area contributed by atoms with Crippen molar-refractivity contribution >= 4 is 17.2 Å². The summed E-state index contributed by atoms with van der Waals surface area (Å²) in [5.41, 5.74) is 7.01. The molecule has 0 saturated carbocycles. The van der Waals surface area contributed by atoms with Gasteiger partial charge in [0, 0.05) is 5.56 Å². The van der Waals surface area contributed by atoms with Crippen molar-refractivity contribution in [2.24, 2.45) is 5.73 Å². The van der Waals surface area contributed by atoms with Gasteiger partial charge < -0.3 is 10.8 Å². The molecular formula is C8H9NOS. The van der Waals surface area contributed by atoms with E-state index in [1.807, 2.05) is 18.2 Å². The van der Waals surface area contributed by atoms with Crippen LogP contribution in [0.1, 0.15) is 11.1 Å². The third-order valence-electron chi connectivity index (χ3n) is 1.39. The molecular weight excluding hydrogens is 158 g/mol.